The van der Waals surface area contributed by atoms with E-state index in [4.69, 9.17) is 0 Å². The number of hydrogen-bond acceptors (Lipinski definition) is 7. The lowest BCUT2D eigenvalue weighted by molar-refractivity contribution is 0.248. The van der Waals surface area contributed by atoms with Gasteiger partial charge in [-0.1, -0.05) is 13.8 Å². The summed E-state index contributed by atoms with van der Waals surface area (Å²) in [5.74, 6) is 0.549. The molecule has 0 spiro atoms. The Morgan fingerprint density at radius 1 is 1.26 bits per heavy atom. The van der Waals surface area contributed by atoms with Crippen LogP contribution in [0.25, 0.3) is 11.2 Å². The first-order valence-corrected chi connectivity index (χ1v) is 8.66. The molecular formula is C18H23FN6O2. The van der Waals surface area contributed by atoms with Crippen molar-refractivity contribution in [3.63, 3.8) is 0 Å². The normalized spacial score (nSPS) is 12.5. The van der Waals surface area contributed by atoms with E-state index in [1.807, 2.05) is 20.9 Å². The molecule has 27 heavy (non-hydrogen) atoms. The number of aliphatic hydroxyl groups is 1. The largest absolute Gasteiger partial charge is 0.508 e. The number of nitrogens with one attached hydrogen (secondary N) is 2. The molecule has 1 aromatic carbocycles. The van der Waals surface area contributed by atoms with Crippen molar-refractivity contribution in [1.29, 1.82) is 0 Å². The van der Waals surface area contributed by atoms with Crippen molar-refractivity contribution in [3.8, 4) is 5.75 Å². The van der Waals surface area contributed by atoms with Crippen LogP contribution in [0.2, 0.25) is 0 Å². The number of imidazole rings is 1. The van der Waals surface area contributed by atoms with Crippen molar-refractivity contribution >= 4 is 22.9 Å². The number of aliphatic hydroxyl groups excluding tert-OH is 1. The number of aryl methyl sites for hydroxylation is 1. The van der Waals surface area contributed by atoms with E-state index in [0.29, 0.717) is 28.5 Å². The molecule has 0 amide bonds. The average molecular weight is 374 g/mol. The second-order valence-corrected chi connectivity index (χ2v) is 6.73. The fraction of sp³-hybridized carbons (Fsp3) is 0.389. The highest BCUT2D eigenvalue weighted by Crippen LogP contribution is 2.24. The fourth-order valence-corrected chi connectivity index (χ4v) is 2.66. The van der Waals surface area contributed by atoms with Gasteiger partial charge in [0.25, 0.3) is 0 Å². The van der Waals surface area contributed by atoms with Crippen molar-refractivity contribution in [2.24, 2.45) is 13.0 Å². The molecule has 144 valence electrons. The second-order valence-electron chi connectivity index (χ2n) is 6.73. The highest BCUT2D eigenvalue weighted by molar-refractivity contribution is 5.84. The van der Waals surface area contributed by atoms with E-state index in [2.05, 4.69) is 25.6 Å². The maximum Gasteiger partial charge on any atom is 0.227 e. The van der Waals surface area contributed by atoms with E-state index in [1.165, 1.54) is 18.2 Å². The molecular weight excluding hydrogens is 351 g/mol. The number of aromatic nitrogens is 4. The summed E-state index contributed by atoms with van der Waals surface area (Å²) < 4.78 is 15.2. The maximum absolute atomic E-state index is 13.4. The summed E-state index contributed by atoms with van der Waals surface area (Å²) in [4.78, 5) is 13.2. The van der Waals surface area contributed by atoms with Gasteiger partial charge in [-0.25, -0.2) is 9.37 Å². The van der Waals surface area contributed by atoms with Crippen LogP contribution in [0.3, 0.4) is 0 Å². The molecule has 0 radical (unpaired) electrons. The Balaban J connectivity index is 1.92. The Labute approximate surface area is 156 Å². The lowest BCUT2D eigenvalue weighted by atomic mass is 10.1. The summed E-state index contributed by atoms with van der Waals surface area (Å²) in [5, 5.41) is 25.7. The number of rotatable bonds is 7. The van der Waals surface area contributed by atoms with E-state index >= 15 is 0 Å². The third-order valence-corrected chi connectivity index (χ3v) is 4.36. The lowest BCUT2D eigenvalue weighted by Crippen LogP contribution is -2.30. The van der Waals surface area contributed by atoms with Crippen LogP contribution in [0, 0.1) is 11.7 Å². The minimum atomic E-state index is -0.430. The zero-order valence-corrected chi connectivity index (χ0v) is 15.4. The summed E-state index contributed by atoms with van der Waals surface area (Å²) in [5.41, 5.74) is 1.57. The van der Waals surface area contributed by atoms with Gasteiger partial charge in [0.15, 0.2) is 17.0 Å². The number of nitrogens with zero attached hydrogens (tertiary/aromatic N) is 4. The number of aromatic hydroxyl groups is 1. The summed E-state index contributed by atoms with van der Waals surface area (Å²) in [6.45, 7) is 4.09. The minimum absolute atomic E-state index is 0.00581. The number of anilines is 2. The first-order valence-electron chi connectivity index (χ1n) is 8.66. The predicted octanol–water partition coefficient (Wildman–Crippen LogP) is 2.25. The average Bonchev–Trinajstić information content (AvgIpc) is 3.01. The molecule has 4 N–H and O–H groups in total. The van der Waals surface area contributed by atoms with Crippen LogP contribution < -0.4 is 10.6 Å². The van der Waals surface area contributed by atoms with Crippen molar-refractivity contribution < 1.29 is 14.6 Å². The van der Waals surface area contributed by atoms with E-state index in [-0.39, 0.29) is 30.9 Å². The minimum Gasteiger partial charge on any atom is -0.508 e. The molecule has 0 aliphatic carbocycles. The molecule has 2 heterocycles. The molecule has 0 aliphatic heterocycles. The number of fused-ring (bicyclic) bond motifs is 1. The predicted molar refractivity (Wildman–Crippen MR) is 101 cm³/mol. The summed E-state index contributed by atoms with van der Waals surface area (Å²) in [7, 11) is 1.82. The Kier molecular flexibility index (Phi) is 5.41. The second kappa shape index (κ2) is 7.75. The maximum atomic E-state index is 13.4. The first kappa shape index (κ1) is 18.8. The molecule has 8 nitrogen and oxygen atoms in total. The molecule has 9 heteroatoms. The van der Waals surface area contributed by atoms with Gasteiger partial charge in [0.05, 0.1) is 19.0 Å². The molecule has 1 atom stereocenters. The van der Waals surface area contributed by atoms with Crippen molar-refractivity contribution in [2.45, 2.75) is 26.4 Å². The van der Waals surface area contributed by atoms with Crippen LogP contribution in [0.15, 0.2) is 24.5 Å². The summed E-state index contributed by atoms with van der Waals surface area (Å²) in [6, 6.07) is 3.57. The highest BCUT2D eigenvalue weighted by atomic mass is 19.1. The van der Waals surface area contributed by atoms with Crippen molar-refractivity contribution in [2.75, 3.05) is 17.2 Å². The summed E-state index contributed by atoms with van der Waals surface area (Å²) >= 11 is 0. The lowest BCUT2D eigenvalue weighted by Gasteiger charge is -2.20. The van der Waals surface area contributed by atoms with E-state index in [0.717, 1.165) is 0 Å². The number of hydrogen-bond donors (Lipinski definition) is 4. The SMILES string of the molecule is CC(C)C(CO)Nc1nc(NCc2cc(F)ccc2O)c2ncn(C)c2n1. The number of phenolic OH excluding ortho intramolecular Hbond substituents is 1. The molecule has 0 saturated heterocycles. The van der Waals surface area contributed by atoms with Gasteiger partial charge in [0.2, 0.25) is 5.95 Å². The number of phenols is 1. The highest BCUT2D eigenvalue weighted by Gasteiger charge is 2.17. The van der Waals surface area contributed by atoms with Gasteiger partial charge in [0.1, 0.15) is 11.6 Å². The van der Waals surface area contributed by atoms with Crippen LogP contribution in [-0.4, -0.2) is 42.4 Å². The molecule has 0 aliphatic rings. The zero-order valence-electron chi connectivity index (χ0n) is 15.4. The van der Waals surface area contributed by atoms with E-state index < -0.39 is 5.82 Å². The van der Waals surface area contributed by atoms with Gasteiger partial charge in [-0.05, 0) is 24.1 Å². The van der Waals surface area contributed by atoms with Crippen LogP contribution in [0.5, 0.6) is 5.75 Å². The van der Waals surface area contributed by atoms with Gasteiger partial charge < -0.3 is 25.4 Å². The Morgan fingerprint density at radius 2 is 2.04 bits per heavy atom. The van der Waals surface area contributed by atoms with Crippen LogP contribution in [0.1, 0.15) is 19.4 Å². The Bertz CT molecular complexity index is 943. The quantitative estimate of drug-likeness (QED) is 0.502. The fourth-order valence-electron chi connectivity index (χ4n) is 2.66. The molecule has 3 rings (SSSR count). The smallest absolute Gasteiger partial charge is 0.227 e. The van der Waals surface area contributed by atoms with Crippen LogP contribution in [0.4, 0.5) is 16.2 Å². The Hall–Kier alpha value is -2.94. The number of halogens is 1. The zero-order chi connectivity index (χ0) is 19.6. The molecule has 0 bridgehead atoms. The standard InChI is InChI=1S/C18H23FN6O2/c1-10(2)13(8-26)22-18-23-16(15-17(24-18)25(3)9-21-15)20-7-11-6-12(19)4-5-14(11)27/h4-6,9-10,13,26-27H,7-8H2,1-3H3,(H2,20,22,23,24). The van der Waals surface area contributed by atoms with Crippen molar-refractivity contribution in [3.05, 3.63) is 35.9 Å². The van der Waals surface area contributed by atoms with Crippen molar-refractivity contribution in [1.82, 2.24) is 19.5 Å². The third kappa shape index (κ3) is 4.08. The molecule has 0 saturated carbocycles. The molecule has 3 aromatic rings. The van der Waals surface area contributed by atoms with Gasteiger partial charge in [0, 0.05) is 19.2 Å². The van der Waals surface area contributed by atoms with E-state index in [1.54, 1.807) is 10.9 Å². The third-order valence-electron chi connectivity index (χ3n) is 4.36. The first-order chi connectivity index (χ1) is 12.9. The van der Waals surface area contributed by atoms with E-state index in [9.17, 15) is 14.6 Å². The van der Waals surface area contributed by atoms with Gasteiger partial charge >= 0.3 is 0 Å². The molecule has 2 aromatic heterocycles. The Morgan fingerprint density at radius 3 is 2.74 bits per heavy atom. The van der Waals surface area contributed by atoms with Crippen LogP contribution >= 0.6 is 0 Å². The van der Waals surface area contributed by atoms with Crippen LogP contribution in [-0.2, 0) is 13.6 Å². The monoisotopic (exact) mass is 374 g/mol. The molecule has 1 unspecified atom stereocenters. The van der Waals surface area contributed by atoms with Gasteiger partial charge in [-0.3, -0.25) is 0 Å². The number of benzene rings is 1. The van der Waals surface area contributed by atoms with Gasteiger partial charge in [-0.2, -0.15) is 9.97 Å². The summed E-state index contributed by atoms with van der Waals surface area (Å²) in [6.07, 6.45) is 1.62. The van der Waals surface area contributed by atoms with Gasteiger partial charge in [-0.15, -0.1) is 0 Å². The topological polar surface area (TPSA) is 108 Å². The molecule has 0 fully saturated rings.